The number of amides is 1. The summed E-state index contributed by atoms with van der Waals surface area (Å²) < 4.78 is 1.96. The molecule has 2 aromatic rings. The third kappa shape index (κ3) is 3.53. The van der Waals surface area contributed by atoms with Gasteiger partial charge in [0.1, 0.15) is 0 Å². The monoisotopic (exact) mass is 325 g/mol. The Bertz CT molecular complexity index is 707. The summed E-state index contributed by atoms with van der Waals surface area (Å²) in [5.41, 5.74) is 5.07. The summed E-state index contributed by atoms with van der Waals surface area (Å²) in [6, 6.07) is 8.48. The van der Waals surface area contributed by atoms with E-state index in [2.05, 4.69) is 36.3 Å². The molecule has 4 heteroatoms. The molecule has 0 atom stereocenters. The molecule has 1 saturated heterocycles. The Kier molecular flexibility index (Phi) is 5.03. The molecule has 4 nitrogen and oxygen atoms in total. The molecular weight excluding hydrogens is 298 g/mol. The second-order valence-electron chi connectivity index (χ2n) is 6.90. The SMILES string of the molecule is Cc1ccc(Cn2nc(C)c(C(=O)N3CCCCCC3)c2C)cc1. The highest BCUT2D eigenvalue weighted by molar-refractivity contribution is 5.96. The number of nitrogens with zero attached hydrogens (tertiary/aromatic N) is 3. The first-order valence-electron chi connectivity index (χ1n) is 8.95. The van der Waals surface area contributed by atoms with Crippen LogP contribution in [0.25, 0.3) is 0 Å². The van der Waals surface area contributed by atoms with Crippen LogP contribution in [0.4, 0.5) is 0 Å². The molecule has 2 heterocycles. The van der Waals surface area contributed by atoms with Gasteiger partial charge in [-0.25, -0.2) is 0 Å². The lowest BCUT2D eigenvalue weighted by molar-refractivity contribution is 0.0760. The number of aromatic nitrogens is 2. The number of carbonyl (C=O) groups is 1. The molecule has 0 spiro atoms. The standard InChI is InChI=1S/C20H27N3O/c1-15-8-10-18(11-9-15)14-23-17(3)19(16(2)21-23)20(24)22-12-6-4-5-7-13-22/h8-11H,4-7,12-14H2,1-3H3. The Morgan fingerprint density at radius 2 is 1.62 bits per heavy atom. The molecule has 3 rings (SSSR count). The van der Waals surface area contributed by atoms with Gasteiger partial charge >= 0.3 is 0 Å². The van der Waals surface area contributed by atoms with Crippen LogP contribution in [0, 0.1) is 20.8 Å². The van der Waals surface area contributed by atoms with E-state index in [1.54, 1.807) is 0 Å². The molecule has 0 radical (unpaired) electrons. The van der Waals surface area contributed by atoms with Crippen molar-refractivity contribution in [2.75, 3.05) is 13.1 Å². The number of hydrogen-bond acceptors (Lipinski definition) is 2. The van der Waals surface area contributed by atoms with Crippen LogP contribution in [-0.4, -0.2) is 33.7 Å². The van der Waals surface area contributed by atoms with Crippen molar-refractivity contribution in [2.45, 2.75) is 53.0 Å². The average molecular weight is 325 g/mol. The molecule has 1 fully saturated rings. The molecule has 1 aliphatic heterocycles. The van der Waals surface area contributed by atoms with Gasteiger partial charge in [-0.2, -0.15) is 5.10 Å². The van der Waals surface area contributed by atoms with Crippen molar-refractivity contribution in [3.63, 3.8) is 0 Å². The molecule has 0 saturated carbocycles. The lowest BCUT2D eigenvalue weighted by atomic mass is 10.1. The van der Waals surface area contributed by atoms with Gasteiger partial charge in [-0.1, -0.05) is 42.7 Å². The number of hydrogen-bond donors (Lipinski definition) is 0. The van der Waals surface area contributed by atoms with Gasteiger partial charge in [0, 0.05) is 18.8 Å². The van der Waals surface area contributed by atoms with E-state index >= 15 is 0 Å². The fourth-order valence-electron chi connectivity index (χ4n) is 3.46. The van der Waals surface area contributed by atoms with E-state index in [4.69, 9.17) is 0 Å². The lowest BCUT2D eigenvalue weighted by Gasteiger charge is -2.20. The van der Waals surface area contributed by atoms with Crippen molar-refractivity contribution in [2.24, 2.45) is 0 Å². The Balaban J connectivity index is 1.83. The van der Waals surface area contributed by atoms with Gasteiger partial charge in [0.05, 0.1) is 17.8 Å². The fourth-order valence-corrected chi connectivity index (χ4v) is 3.46. The maximum Gasteiger partial charge on any atom is 0.257 e. The minimum Gasteiger partial charge on any atom is -0.339 e. The van der Waals surface area contributed by atoms with Gasteiger partial charge in [-0.05, 0) is 39.2 Å². The number of carbonyl (C=O) groups excluding carboxylic acids is 1. The predicted octanol–water partition coefficient (Wildman–Crippen LogP) is 3.87. The van der Waals surface area contributed by atoms with Crippen LogP contribution < -0.4 is 0 Å². The smallest absolute Gasteiger partial charge is 0.257 e. The largest absolute Gasteiger partial charge is 0.339 e. The van der Waals surface area contributed by atoms with Crippen LogP contribution in [0.15, 0.2) is 24.3 Å². The van der Waals surface area contributed by atoms with Crippen LogP contribution in [-0.2, 0) is 6.54 Å². The minimum atomic E-state index is 0.155. The van der Waals surface area contributed by atoms with E-state index in [0.717, 1.165) is 42.9 Å². The second kappa shape index (κ2) is 7.20. The number of benzene rings is 1. The first kappa shape index (κ1) is 16.7. The number of rotatable bonds is 3. The van der Waals surface area contributed by atoms with Crippen LogP contribution >= 0.6 is 0 Å². The van der Waals surface area contributed by atoms with Gasteiger partial charge in [0.2, 0.25) is 0 Å². The Labute approximate surface area is 144 Å². The van der Waals surface area contributed by atoms with E-state index in [-0.39, 0.29) is 5.91 Å². The molecule has 24 heavy (non-hydrogen) atoms. The lowest BCUT2D eigenvalue weighted by Crippen LogP contribution is -2.32. The highest BCUT2D eigenvalue weighted by Gasteiger charge is 2.24. The van der Waals surface area contributed by atoms with Gasteiger partial charge in [-0.3, -0.25) is 9.48 Å². The van der Waals surface area contributed by atoms with Crippen LogP contribution in [0.2, 0.25) is 0 Å². The van der Waals surface area contributed by atoms with Gasteiger partial charge < -0.3 is 4.90 Å². The Hall–Kier alpha value is -2.10. The minimum absolute atomic E-state index is 0.155. The van der Waals surface area contributed by atoms with Crippen LogP contribution in [0.1, 0.15) is 58.6 Å². The zero-order valence-electron chi connectivity index (χ0n) is 15.0. The molecule has 1 aliphatic rings. The van der Waals surface area contributed by atoms with Gasteiger partial charge in [-0.15, -0.1) is 0 Å². The maximum atomic E-state index is 13.0. The summed E-state index contributed by atoms with van der Waals surface area (Å²) in [6.07, 6.45) is 4.69. The van der Waals surface area contributed by atoms with E-state index in [1.807, 2.05) is 23.4 Å². The first-order valence-corrected chi connectivity index (χ1v) is 8.95. The van der Waals surface area contributed by atoms with Crippen molar-refractivity contribution in [3.8, 4) is 0 Å². The normalized spacial score (nSPS) is 15.4. The molecule has 0 aliphatic carbocycles. The Morgan fingerprint density at radius 1 is 1.00 bits per heavy atom. The zero-order chi connectivity index (χ0) is 17.1. The van der Waals surface area contributed by atoms with Crippen molar-refractivity contribution in [1.29, 1.82) is 0 Å². The van der Waals surface area contributed by atoms with Crippen LogP contribution in [0.3, 0.4) is 0 Å². The maximum absolute atomic E-state index is 13.0. The van der Waals surface area contributed by atoms with Crippen molar-refractivity contribution < 1.29 is 4.79 Å². The molecule has 1 aromatic heterocycles. The summed E-state index contributed by atoms with van der Waals surface area (Å²) in [4.78, 5) is 15.0. The zero-order valence-corrected chi connectivity index (χ0v) is 15.0. The highest BCUT2D eigenvalue weighted by Crippen LogP contribution is 2.20. The summed E-state index contributed by atoms with van der Waals surface area (Å²) in [5.74, 6) is 0.155. The summed E-state index contributed by atoms with van der Waals surface area (Å²) >= 11 is 0. The van der Waals surface area contributed by atoms with E-state index in [9.17, 15) is 4.79 Å². The molecule has 0 bridgehead atoms. The first-order chi connectivity index (χ1) is 11.6. The summed E-state index contributed by atoms with van der Waals surface area (Å²) in [7, 11) is 0. The van der Waals surface area contributed by atoms with Crippen LogP contribution in [0.5, 0.6) is 0 Å². The van der Waals surface area contributed by atoms with Crippen molar-refractivity contribution in [1.82, 2.24) is 14.7 Å². The fraction of sp³-hybridized carbons (Fsp3) is 0.500. The summed E-state index contributed by atoms with van der Waals surface area (Å²) in [6.45, 7) is 8.51. The quantitative estimate of drug-likeness (QED) is 0.859. The predicted molar refractivity (Wildman–Crippen MR) is 96.4 cm³/mol. The van der Waals surface area contributed by atoms with Crippen molar-refractivity contribution in [3.05, 3.63) is 52.3 Å². The molecular formula is C20H27N3O. The molecule has 1 aromatic carbocycles. The van der Waals surface area contributed by atoms with E-state index in [1.165, 1.54) is 24.0 Å². The third-order valence-corrected chi connectivity index (χ3v) is 4.94. The molecule has 0 unspecified atom stereocenters. The third-order valence-electron chi connectivity index (χ3n) is 4.94. The number of likely N-dealkylation sites (tertiary alicyclic amines) is 1. The molecule has 1 amide bonds. The van der Waals surface area contributed by atoms with Gasteiger partial charge in [0.15, 0.2) is 0 Å². The van der Waals surface area contributed by atoms with E-state index < -0.39 is 0 Å². The summed E-state index contributed by atoms with van der Waals surface area (Å²) in [5, 5.41) is 4.64. The van der Waals surface area contributed by atoms with E-state index in [0.29, 0.717) is 6.54 Å². The Morgan fingerprint density at radius 3 is 2.25 bits per heavy atom. The highest BCUT2D eigenvalue weighted by atomic mass is 16.2. The average Bonchev–Trinajstić information content (AvgIpc) is 2.76. The van der Waals surface area contributed by atoms with Gasteiger partial charge in [0.25, 0.3) is 5.91 Å². The topological polar surface area (TPSA) is 38.1 Å². The van der Waals surface area contributed by atoms with Crippen molar-refractivity contribution >= 4 is 5.91 Å². The number of aryl methyl sites for hydroxylation is 2. The molecule has 0 N–H and O–H groups in total. The second-order valence-corrected chi connectivity index (χ2v) is 6.90. The molecule has 128 valence electrons.